The van der Waals surface area contributed by atoms with Gasteiger partial charge < -0.3 is 14.2 Å². The van der Waals surface area contributed by atoms with E-state index in [2.05, 4.69) is 20.8 Å². The Hall–Kier alpha value is -1.59. The minimum Gasteiger partial charge on any atom is -0.462 e. The van der Waals surface area contributed by atoms with Crippen LogP contribution in [0.15, 0.2) is 0 Å². The zero-order valence-corrected chi connectivity index (χ0v) is 30.9. The third-order valence-corrected chi connectivity index (χ3v) is 8.86. The highest BCUT2D eigenvalue weighted by molar-refractivity contribution is 5.71. The molecule has 0 fully saturated rings. The van der Waals surface area contributed by atoms with Crippen molar-refractivity contribution in [1.29, 1.82) is 0 Å². The summed E-state index contributed by atoms with van der Waals surface area (Å²) in [5, 5.41) is 0. The van der Waals surface area contributed by atoms with Crippen molar-refractivity contribution in [3.63, 3.8) is 0 Å². The molecule has 0 aromatic rings. The van der Waals surface area contributed by atoms with Crippen molar-refractivity contribution in [2.75, 3.05) is 13.2 Å². The van der Waals surface area contributed by atoms with Crippen LogP contribution in [0.4, 0.5) is 0 Å². The first-order valence-electron chi connectivity index (χ1n) is 20.0. The first-order valence-corrected chi connectivity index (χ1v) is 20.0. The number of carbonyl (C=O) groups is 3. The molecule has 0 unspecified atom stereocenters. The molecule has 0 rings (SSSR count). The lowest BCUT2D eigenvalue weighted by molar-refractivity contribution is -0.167. The molecule has 6 heteroatoms. The first kappa shape index (κ1) is 44.4. The van der Waals surface area contributed by atoms with Crippen LogP contribution >= 0.6 is 0 Å². The molecule has 0 heterocycles. The SMILES string of the molecule is CCCCCCCCCCCCCCCCCCC(=O)OC[C@@H](COC(=O)CCCCCCCCC)OC(=O)CCCCCCC. The Balaban J connectivity index is 4.10. The molecule has 46 heavy (non-hydrogen) atoms. The van der Waals surface area contributed by atoms with Crippen LogP contribution in [0.2, 0.25) is 0 Å². The molecule has 0 spiro atoms. The van der Waals surface area contributed by atoms with Crippen LogP contribution in [-0.4, -0.2) is 37.2 Å². The van der Waals surface area contributed by atoms with Crippen LogP contribution in [0.1, 0.15) is 220 Å². The molecule has 0 aliphatic rings. The van der Waals surface area contributed by atoms with Gasteiger partial charge >= 0.3 is 17.9 Å². The van der Waals surface area contributed by atoms with Gasteiger partial charge in [-0.3, -0.25) is 14.4 Å². The summed E-state index contributed by atoms with van der Waals surface area (Å²) in [5.41, 5.74) is 0. The maximum absolute atomic E-state index is 12.4. The van der Waals surface area contributed by atoms with Gasteiger partial charge in [-0.05, 0) is 19.3 Å². The standard InChI is InChI=1S/C40H76O6/c1-4-7-10-13-15-16-17-18-19-20-21-22-23-25-28-30-33-39(42)45-36-37(46-40(43)34-31-26-12-9-6-3)35-44-38(41)32-29-27-24-14-11-8-5-2/h37H,4-36H2,1-3H3/t37-/m1/s1. The summed E-state index contributed by atoms with van der Waals surface area (Å²) in [6, 6.07) is 0. The quantitative estimate of drug-likeness (QED) is 0.0381. The number of unbranched alkanes of at least 4 members (excludes halogenated alkanes) is 25. The van der Waals surface area contributed by atoms with Crippen LogP contribution in [0.5, 0.6) is 0 Å². The molecule has 6 nitrogen and oxygen atoms in total. The Bertz CT molecular complexity index is 679. The van der Waals surface area contributed by atoms with Crippen LogP contribution in [0, 0.1) is 0 Å². The largest absolute Gasteiger partial charge is 0.462 e. The molecule has 0 aliphatic heterocycles. The van der Waals surface area contributed by atoms with Crippen molar-refractivity contribution in [3.8, 4) is 0 Å². The van der Waals surface area contributed by atoms with Gasteiger partial charge in [0.15, 0.2) is 6.10 Å². The zero-order valence-electron chi connectivity index (χ0n) is 30.9. The molecular formula is C40H76O6. The Morgan fingerprint density at radius 3 is 0.870 bits per heavy atom. The van der Waals surface area contributed by atoms with Crippen LogP contribution < -0.4 is 0 Å². The maximum atomic E-state index is 12.4. The van der Waals surface area contributed by atoms with Gasteiger partial charge in [0.2, 0.25) is 0 Å². The average molecular weight is 653 g/mol. The maximum Gasteiger partial charge on any atom is 0.306 e. The van der Waals surface area contributed by atoms with Gasteiger partial charge in [-0.1, -0.05) is 181 Å². The fraction of sp³-hybridized carbons (Fsp3) is 0.925. The van der Waals surface area contributed by atoms with Crippen molar-refractivity contribution < 1.29 is 28.6 Å². The highest BCUT2D eigenvalue weighted by Gasteiger charge is 2.19. The summed E-state index contributed by atoms with van der Waals surface area (Å²) in [7, 11) is 0. The van der Waals surface area contributed by atoms with Crippen molar-refractivity contribution in [2.45, 2.75) is 226 Å². The third kappa shape index (κ3) is 33.8. The fourth-order valence-corrected chi connectivity index (χ4v) is 5.79. The molecule has 272 valence electrons. The van der Waals surface area contributed by atoms with Gasteiger partial charge in [-0.25, -0.2) is 0 Å². The lowest BCUT2D eigenvalue weighted by Crippen LogP contribution is -2.30. The monoisotopic (exact) mass is 653 g/mol. The normalized spacial score (nSPS) is 11.8. The van der Waals surface area contributed by atoms with E-state index in [0.717, 1.165) is 64.2 Å². The van der Waals surface area contributed by atoms with Gasteiger partial charge in [0.25, 0.3) is 0 Å². The van der Waals surface area contributed by atoms with E-state index in [1.807, 2.05) is 0 Å². The predicted molar refractivity (Wildman–Crippen MR) is 192 cm³/mol. The van der Waals surface area contributed by atoms with Gasteiger partial charge in [-0.15, -0.1) is 0 Å². The molecule has 0 bridgehead atoms. The average Bonchev–Trinajstić information content (AvgIpc) is 3.05. The van der Waals surface area contributed by atoms with Gasteiger partial charge in [0.05, 0.1) is 0 Å². The molecule has 0 aromatic heterocycles. The summed E-state index contributed by atoms with van der Waals surface area (Å²) in [6.07, 6.45) is 34.1. The lowest BCUT2D eigenvalue weighted by atomic mass is 10.0. The van der Waals surface area contributed by atoms with E-state index in [4.69, 9.17) is 14.2 Å². The van der Waals surface area contributed by atoms with Crippen molar-refractivity contribution in [3.05, 3.63) is 0 Å². The topological polar surface area (TPSA) is 78.9 Å². The Morgan fingerprint density at radius 1 is 0.348 bits per heavy atom. The first-order chi connectivity index (χ1) is 22.5. The van der Waals surface area contributed by atoms with Crippen molar-refractivity contribution in [2.24, 2.45) is 0 Å². The van der Waals surface area contributed by atoms with E-state index in [9.17, 15) is 14.4 Å². The minimum absolute atomic E-state index is 0.0655. The molecule has 0 N–H and O–H groups in total. The highest BCUT2D eigenvalue weighted by atomic mass is 16.6. The number of hydrogen-bond donors (Lipinski definition) is 0. The Morgan fingerprint density at radius 2 is 0.587 bits per heavy atom. The Kier molecular flexibility index (Phi) is 35.0. The molecule has 0 aromatic carbocycles. The summed E-state index contributed by atoms with van der Waals surface area (Å²) in [5.74, 6) is -0.882. The second-order valence-corrected chi connectivity index (χ2v) is 13.6. The van der Waals surface area contributed by atoms with Crippen LogP contribution in [-0.2, 0) is 28.6 Å². The number of ether oxygens (including phenoxy) is 3. The minimum atomic E-state index is -0.754. The number of hydrogen-bond acceptors (Lipinski definition) is 6. The molecule has 0 radical (unpaired) electrons. The summed E-state index contributed by atoms with van der Waals surface area (Å²) >= 11 is 0. The smallest absolute Gasteiger partial charge is 0.306 e. The predicted octanol–water partition coefficient (Wildman–Crippen LogP) is 12.1. The highest BCUT2D eigenvalue weighted by Crippen LogP contribution is 2.15. The molecular weight excluding hydrogens is 576 g/mol. The van der Waals surface area contributed by atoms with E-state index < -0.39 is 6.10 Å². The lowest BCUT2D eigenvalue weighted by Gasteiger charge is -2.18. The summed E-state index contributed by atoms with van der Waals surface area (Å²) in [6.45, 7) is 6.51. The third-order valence-electron chi connectivity index (χ3n) is 8.86. The van der Waals surface area contributed by atoms with Crippen LogP contribution in [0.25, 0.3) is 0 Å². The van der Waals surface area contributed by atoms with Gasteiger partial charge in [-0.2, -0.15) is 0 Å². The molecule has 1 atom stereocenters. The molecule has 0 aliphatic carbocycles. The summed E-state index contributed by atoms with van der Waals surface area (Å²) < 4.78 is 16.5. The molecule has 0 saturated carbocycles. The van der Waals surface area contributed by atoms with Gasteiger partial charge in [0.1, 0.15) is 13.2 Å². The molecule has 0 saturated heterocycles. The van der Waals surface area contributed by atoms with Gasteiger partial charge in [0, 0.05) is 19.3 Å². The second-order valence-electron chi connectivity index (χ2n) is 13.6. The number of esters is 3. The van der Waals surface area contributed by atoms with Crippen molar-refractivity contribution >= 4 is 17.9 Å². The van der Waals surface area contributed by atoms with E-state index in [-0.39, 0.29) is 31.1 Å². The molecule has 0 amide bonds. The van der Waals surface area contributed by atoms with E-state index in [0.29, 0.717) is 19.3 Å². The van der Waals surface area contributed by atoms with E-state index in [1.54, 1.807) is 0 Å². The van der Waals surface area contributed by atoms with E-state index >= 15 is 0 Å². The van der Waals surface area contributed by atoms with Crippen LogP contribution in [0.3, 0.4) is 0 Å². The number of carbonyl (C=O) groups excluding carboxylic acids is 3. The Labute approximate surface area is 285 Å². The fourth-order valence-electron chi connectivity index (χ4n) is 5.79. The summed E-state index contributed by atoms with van der Waals surface area (Å²) in [4.78, 5) is 37.1. The van der Waals surface area contributed by atoms with Crippen molar-refractivity contribution in [1.82, 2.24) is 0 Å². The second kappa shape index (κ2) is 36.2. The van der Waals surface area contributed by atoms with E-state index in [1.165, 1.54) is 116 Å². The zero-order chi connectivity index (χ0) is 33.8. The number of rotatable bonds is 36.